The van der Waals surface area contributed by atoms with Crippen LogP contribution in [0, 0.1) is 24.4 Å². The molecule has 2 aromatic heterocycles. The Labute approximate surface area is 156 Å². The van der Waals surface area contributed by atoms with Gasteiger partial charge in [0.25, 0.3) is 0 Å². The molecule has 146 valence electrons. The number of anilines is 1. The van der Waals surface area contributed by atoms with E-state index < -0.39 is 29.5 Å². The van der Waals surface area contributed by atoms with Gasteiger partial charge in [-0.25, -0.2) is 18.0 Å². The van der Waals surface area contributed by atoms with Crippen molar-refractivity contribution in [3.63, 3.8) is 0 Å². The molecule has 2 amide bonds. The molecule has 0 saturated heterocycles. The van der Waals surface area contributed by atoms with Crippen LogP contribution in [0.3, 0.4) is 0 Å². The second-order valence-corrected chi connectivity index (χ2v) is 6.31. The van der Waals surface area contributed by atoms with Crippen molar-refractivity contribution in [3.05, 3.63) is 46.7 Å². The summed E-state index contributed by atoms with van der Waals surface area (Å²) in [6.07, 6.45) is 0.402. The zero-order chi connectivity index (χ0) is 20.0. The first-order valence-corrected chi connectivity index (χ1v) is 8.36. The second-order valence-electron chi connectivity index (χ2n) is 6.31. The molecule has 1 aromatic carbocycles. The molecule has 11 heteroatoms. The molecule has 1 aliphatic heterocycles. The van der Waals surface area contributed by atoms with E-state index in [1.165, 1.54) is 4.90 Å². The van der Waals surface area contributed by atoms with Gasteiger partial charge in [0.2, 0.25) is 17.5 Å². The van der Waals surface area contributed by atoms with Crippen LogP contribution in [-0.4, -0.2) is 32.8 Å². The number of aryl methyl sites for hydroxylation is 1. The van der Waals surface area contributed by atoms with Crippen LogP contribution in [0.1, 0.15) is 30.1 Å². The largest absolute Gasteiger partial charge is 0.352 e. The van der Waals surface area contributed by atoms with E-state index in [-0.39, 0.29) is 17.3 Å². The first kappa shape index (κ1) is 18.0. The third-order valence-corrected chi connectivity index (χ3v) is 4.50. The van der Waals surface area contributed by atoms with Gasteiger partial charge in [0, 0.05) is 43.3 Å². The highest BCUT2D eigenvalue weighted by Gasteiger charge is 2.35. The molecule has 1 aliphatic rings. The summed E-state index contributed by atoms with van der Waals surface area (Å²) < 4.78 is 50.2. The minimum absolute atomic E-state index is 0.196. The molecule has 4 rings (SSSR count). The molecule has 0 radical (unpaired) electrons. The molecular weight excluding hydrogens is 379 g/mol. The molecule has 0 bridgehead atoms. The van der Waals surface area contributed by atoms with Crippen LogP contribution in [0.4, 0.5) is 23.7 Å². The lowest BCUT2D eigenvalue weighted by Gasteiger charge is -2.32. The quantitative estimate of drug-likeness (QED) is 0.668. The van der Waals surface area contributed by atoms with Gasteiger partial charge in [0.1, 0.15) is 0 Å². The van der Waals surface area contributed by atoms with Gasteiger partial charge in [0.05, 0.1) is 11.7 Å². The van der Waals surface area contributed by atoms with E-state index in [0.717, 1.165) is 0 Å². The van der Waals surface area contributed by atoms with E-state index >= 15 is 0 Å². The molecule has 0 spiro atoms. The molecule has 3 heterocycles. The van der Waals surface area contributed by atoms with E-state index in [4.69, 9.17) is 9.05 Å². The fraction of sp³-hybridized carbons (Fsp3) is 0.294. The van der Waals surface area contributed by atoms with Gasteiger partial charge in [0.15, 0.2) is 17.5 Å². The molecule has 1 unspecified atom stereocenters. The Kier molecular flexibility index (Phi) is 4.28. The molecule has 0 fully saturated rings. The molecule has 1 N–H and O–H groups in total. The predicted octanol–water partition coefficient (Wildman–Crippen LogP) is 3.60. The lowest BCUT2D eigenvalue weighted by molar-refractivity contribution is 0.188. The topological polar surface area (TPSA) is 97.3 Å². The monoisotopic (exact) mass is 393 g/mol. The summed E-state index contributed by atoms with van der Waals surface area (Å²) in [6.45, 7) is 3.67. The van der Waals surface area contributed by atoms with Crippen molar-refractivity contribution in [3.8, 4) is 11.6 Å². The van der Waals surface area contributed by atoms with Crippen molar-refractivity contribution in [1.82, 2.24) is 20.2 Å². The van der Waals surface area contributed by atoms with Crippen molar-refractivity contribution in [1.29, 1.82) is 0 Å². The maximum Gasteiger partial charge on any atom is 0.322 e. The first-order valence-electron chi connectivity index (χ1n) is 8.36. The number of hydrogen-bond donors (Lipinski definition) is 1. The Morgan fingerprint density at radius 3 is 2.57 bits per heavy atom. The number of rotatable bonds is 2. The van der Waals surface area contributed by atoms with Crippen LogP contribution in [0.25, 0.3) is 11.6 Å². The van der Waals surface area contributed by atoms with E-state index in [0.29, 0.717) is 42.2 Å². The number of halogens is 3. The van der Waals surface area contributed by atoms with Crippen molar-refractivity contribution in [2.75, 3.05) is 11.9 Å². The summed E-state index contributed by atoms with van der Waals surface area (Å²) in [5.74, 6) is -3.54. The van der Waals surface area contributed by atoms with E-state index in [1.54, 1.807) is 13.8 Å². The van der Waals surface area contributed by atoms with Gasteiger partial charge >= 0.3 is 6.03 Å². The Balaban J connectivity index is 1.60. The smallest absolute Gasteiger partial charge is 0.322 e. The predicted molar refractivity (Wildman–Crippen MR) is 88.7 cm³/mol. The zero-order valence-electron chi connectivity index (χ0n) is 14.8. The summed E-state index contributed by atoms with van der Waals surface area (Å²) in [6, 6.07) is 0.325. The average Bonchev–Trinajstić information content (AvgIpc) is 3.26. The second kappa shape index (κ2) is 6.66. The Morgan fingerprint density at radius 1 is 1.21 bits per heavy atom. The molecule has 1 atom stereocenters. The Hall–Kier alpha value is -3.37. The molecule has 28 heavy (non-hydrogen) atoms. The minimum atomic E-state index is -1.60. The number of nitrogens with one attached hydrogen (secondary N) is 1. The van der Waals surface area contributed by atoms with Crippen molar-refractivity contribution in [2.45, 2.75) is 26.3 Å². The number of carbonyl (C=O) groups excluding carboxylic acids is 1. The highest BCUT2D eigenvalue weighted by atomic mass is 19.2. The normalized spacial score (nSPS) is 16.2. The number of carbonyl (C=O) groups is 1. The van der Waals surface area contributed by atoms with Crippen molar-refractivity contribution >= 4 is 11.7 Å². The fourth-order valence-corrected chi connectivity index (χ4v) is 3.17. The molecule has 3 aromatic rings. The minimum Gasteiger partial charge on any atom is -0.352 e. The summed E-state index contributed by atoms with van der Waals surface area (Å²) in [5, 5.41) is 10.2. The number of aromatic nitrogens is 3. The Bertz CT molecular complexity index is 1040. The highest BCUT2D eigenvalue weighted by Crippen LogP contribution is 2.36. The van der Waals surface area contributed by atoms with Gasteiger partial charge in [-0.15, -0.1) is 0 Å². The third kappa shape index (κ3) is 2.98. The van der Waals surface area contributed by atoms with Crippen molar-refractivity contribution < 1.29 is 27.0 Å². The van der Waals surface area contributed by atoms with Gasteiger partial charge in [-0.05, 0) is 6.92 Å². The fourth-order valence-electron chi connectivity index (χ4n) is 3.17. The molecule has 8 nitrogen and oxygen atoms in total. The van der Waals surface area contributed by atoms with E-state index in [1.807, 2.05) is 0 Å². The summed E-state index contributed by atoms with van der Waals surface area (Å²) in [4.78, 5) is 18.2. The van der Waals surface area contributed by atoms with Crippen LogP contribution in [0.5, 0.6) is 0 Å². The first-order chi connectivity index (χ1) is 13.3. The number of urea groups is 1. The van der Waals surface area contributed by atoms with Gasteiger partial charge in [-0.3, -0.25) is 0 Å². The number of hydrogen-bond acceptors (Lipinski definition) is 6. The zero-order valence-corrected chi connectivity index (χ0v) is 14.8. The third-order valence-electron chi connectivity index (χ3n) is 4.50. The summed E-state index contributed by atoms with van der Waals surface area (Å²) >= 11 is 0. The van der Waals surface area contributed by atoms with Crippen LogP contribution in [0.15, 0.2) is 21.2 Å². The molecular formula is C17H14F3N5O3. The van der Waals surface area contributed by atoms with Crippen LogP contribution < -0.4 is 5.32 Å². The number of amides is 2. The van der Waals surface area contributed by atoms with Crippen molar-refractivity contribution in [2.24, 2.45) is 0 Å². The van der Waals surface area contributed by atoms with Crippen LogP contribution in [0.2, 0.25) is 0 Å². The summed E-state index contributed by atoms with van der Waals surface area (Å²) in [5.41, 5.74) is 1.09. The van der Waals surface area contributed by atoms with Crippen LogP contribution >= 0.6 is 0 Å². The van der Waals surface area contributed by atoms with Gasteiger partial charge < -0.3 is 19.3 Å². The lowest BCUT2D eigenvalue weighted by atomic mass is 9.98. The standard InChI is InChI=1S/C17H14F3N5O3/c1-7-13-12(23-28-15(13)16-21-8(2)27-24-16)3-4-25(7)17(26)22-9-5-10(18)14(20)11(19)6-9/h5-7H,3-4H2,1-2H3,(H,22,26). The maximum atomic E-state index is 13.4. The lowest BCUT2D eigenvalue weighted by Crippen LogP contribution is -2.41. The SMILES string of the molecule is Cc1nc(-c2onc3c2C(C)N(C(=O)Nc2cc(F)c(F)c(F)c2)CC3)no1. The highest BCUT2D eigenvalue weighted by molar-refractivity contribution is 5.90. The van der Waals surface area contributed by atoms with Gasteiger partial charge in [-0.2, -0.15) is 4.98 Å². The van der Waals surface area contributed by atoms with Crippen LogP contribution in [-0.2, 0) is 6.42 Å². The molecule has 0 aliphatic carbocycles. The number of nitrogens with zero attached hydrogens (tertiary/aromatic N) is 4. The Morgan fingerprint density at radius 2 is 1.93 bits per heavy atom. The van der Waals surface area contributed by atoms with E-state index in [2.05, 4.69) is 20.6 Å². The van der Waals surface area contributed by atoms with Gasteiger partial charge in [-0.1, -0.05) is 10.3 Å². The summed E-state index contributed by atoms with van der Waals surface area (Å²) in [7, 11) is 0. The average molecular weight is 393 g/mol. The van der Waals surface area contributed by atoms with E-state index in [9.17, 15) is 18.0 Å². The maximum absolute atomic E-state index is 13.4. The number of fused-ring (bicyclic) bond motifs is 1. The molecule has 0 saturated carbocycles. The number of benzene rings is 1.